The molecule has 126 valence electrons. The SMILES string of the molecule is O=C(Cc1c[nH]c2ccccc12)NCc1ccc2c(c1)NC(=O)CO2. The number of hydrogen-bond donors (Lipinski definition) is 3. The van der Waals surface area contributed by atoms with Crippen LogP contribution < -0.4 is 15.4 Å². The first-order valence-corrected chi connectivity index (χ1v) is 8.06. The van der Waals surface area contributed by atoms with Crippen LogP contribution in [0, 0.1) is 0 Å². The van der Waals surface area contributed by atoms with Crippen molar-refractivity contribution in [3.63, 3.8) is 0 Å². The summed E-state index contributed by atoms with van der Waals surface area (Å²) < 4.78 is 5.32. The predicted octanol–water partition coefficient (Wildman–Crippen LogP) is 2.36. The third kappa shape index (κ3) is 3.19. The zero-order valence-corrected chi connectivity index (χ0v) is 13.5. The van der Waals surface area contributed by atoms with E-state index in [1.807, 2.05) is 42.6 Å². The molecule has 1 aliphatic rings. The quantitative estimate of drug-likeness (QED) is 0.684. The van der Waals surface area contributed by atoms with Gasteiger partial charge in [-0.3, -0.25) is 9.59 Å². The Morgan fingerprint density at radius 1 is 1.20 bits per heavy atom. The van der Waals surface area contributed by atoms with Gasteiger partial charge in [0.2, 0.25) is 5.91 Å². The fourth-order valence-electron chi connectivity index (χ4n) is 2.95. The van der Waals surface area contributed by atoms with Crippen molar-refractivity contribution in [1.82, 2.24) is 10.3 Å². The fourth-order valence-corrected chi connectivity index (χ4v) is 2.95. The molecule has 2 amide bonds. The molecule has 1 aliphatic heterocycles. The van der Waals surface area contributed by atoms with Gasteiger partial charge in [-0.2, -0.15) is 0 Å². The maximum Gasteiger partial charge on any atom is 0.262 e. The number of H-pyrrole nitrogens is 1. The van der Waals surface area contributed by atoms with E-state index >= 15 is 0 Å². The second-order valence-corrected chi connectivity index (χ2v) is 5.98. The Bertz CT molecular complexity index is 961. The number of rotatable bonds is 4. The van der Waals surface area contributed by atoms with Gasteiger partial charge in [-0.05, 0) is 29.3 Å². The van der Waals surface area contributed by atoms with Crippen LogP contribution in [-0.4, -0.2) is 23.4 Å². The van der Waals surface area contributed by atoms with Gasteiger partial charge in [0.25, 0.3) is 5.91 Å². The van der Waals surface area contributed by atoms with Crippen molar-refractivity contribution in [2.24, 2.45) is 0 Å². The van der Waals surface area contributed by atoms with Gasteiger partial charge in [0.15, 0.2) is 6.61 Å². The van der Waals surface area contributed by atoms with Gasteiger partial charge in [-0.1, -0.05) is 24.3 Å². The smallest absolute Gasteiger partial charge is 0.262 e. The molecule has 3 aromatic rings. The summed E-state index contributed by atoms with van der Waals surface area (Å²) in [7, 11) is 0. The Kier molecular flexibility index (Phi) is 3.85. The minimum atomic E-state index is -0.173. The Morgan fingerprint density at radius 2 is 2.08 bits per heavy atom. The van der Waals surface area contributed by atoms with Crippen LogP contribution >= 0.6 is 0 Å². The highest BCUT2D eigenvalue weighted by Gasteiger charge is 2.16. The second kappa shape index (κ2) is 6.32. The molecule has 0 bridgehead atoms. The van der Waals surface area contributed by atoms with Gasteiger partial charge >= 0.3 is 0 Å². The van der Waals surface area contributed by atoms with Crippen molar-refractivity contribution in [1.29, 1.82) is 0 Å². The molecule has 0 saturated carbocycles. The van der Waals surface area contributed by atoms with Crippen molar-refractivity contribution in [2.75, 3.05) is 11.9 Å². The molecule has 2 aromatic carbocycles. The molecule has 0 saturated heterocycles. The zero-order valence-electron chi connectivity index (χ0n) is 13.5. The standard InChI is InChI=1S/C19H17N3O3/c23-18(8-13-10-20-15-4-2-1-3-14(13)15)21-9-12-5-6-17-16(7-12)22-19(24)11-25-17/h1-7,10,20H,8-9,11H2,(H,21,23)(H,22,24). The van der Waals surface area contributed by atoms with Crippen molar-refractivity contribution in [3.05, 3.63) is 59.8 Å². The fraction of sp³-hybridized carbons (Fsp3) is 0.158. The lowest BCUT2D eigenvalue weighted by Crippen LogP contribution is -2.26. The summed E-state index contributed by atoms with van der Waals surface area (Å²) in [6, 6.07) is 13.4. The van der Waals surface area contributed by atoms with E-state index in [-0.39, 0.29) is 18.4 Å². The van der Waals surface area contributed by atoms with Crippen LogP contribution in [0.2, 0.25) is 0 Å². The highest BCUT2D eigenvalue weighted by atomic mass is 16.5. The van der Waals surface area contributed by atoms with E-state index in [1.165, 1.54) is 0 Å². The van der Waals surface area contributed by atoms with Crippen molar-refractivity contribution < 1.29 is 14.3 Å². The number of aromatic amines is 1. The number of anilines is 1. The lowest BCUT2D eigenvalue weighted by molar-refractivity contribution is -0.120. The summed E-state index contributed by atoms with van der Waals surface area (Å²) in [4.78, 5) is 26.8. The monoisotopic (exact) mass is 335 g/mol. The molecule has 2 heterocycles. The van der Waals surface area contributed by atoms with E-state index in [0.29, 0.717) is 24.4 Å². The Hall–Kier alpha value is -3.28. The van der Waals surface area contributed by atoms with Gasteiger partial charge in [-0.25, -0.2) is 0 Å². The number of carbonyl (C=O) groups excluding carboxylic acids is 2. The molecule has 25 heavy (non-hydrogen) atoms. The number of para-hydroxylation sites is 1. The summed E-state index contributed by atoms with van der Waals surface area (Å²) in [5.41, 5.74) is 3.53. The third-order valence-electron chi connectivity index (χ3n) is 4.19. The maximum absolute atomic E-state index is 12.2. The molecule has 0 fully saturated rings. The number of nitrogens with one attached hydrogen (secondary N) is 3. The molecular weight excluding hydrogens is 318 g/mol. The van der Waals surface area contributed by atoms with Gasteiger partial charge in [0.05, 0.1) is 12.1 Å². The molecule has 0 spiro atoms. The van der Waals surface area contributed by atoms with Crippen LogP contribution in [0.25, 0.3) is 10.9 Å². The number of benzene rings is 2. The van der Waals surface area contributed by atoms with E-state index < -0.39 is 0 Å². The molecule has 6 heteroatoms. The van der Waals surface area contributed by atoms with Crippen molar-refractivity contribution >= 4 is 28.4 Å². The zero-order chi connectivity index (χ0) is 17.2. The first kappa shape index (κ1) is 15.3. The van der Waals surface area contributed by atoms with E-state index in [0.717, 1.165) is 22.0 Å². The molecule has 3 N–H and O–H groups in total. The largest absolute Gasteiger partial charge is 0.482 e. The van der Waals surface area contributed by atoms with E-state index in [4.69, 9.17) is 4.74 Å². The predicted molar refractivity (Wildman–Crippen MR) is 94.4 cm³/mol. The van der Waals surface area contributed by atoms with Gasteiger partial charge < -0.3 is 20.4 Å². The van der Waals surface area contributed by atoms with Gasteiger partial charge in [0, 0.05) is 23.6 Å². The Balaban J connectivity index is 1.40. The number of aromatic nitrogens is 1. The summed E-state index contributed by atoms with van der Waals surface area (Å²) in [5.74, 6) is 0.421. The van der Waals surface area contributed by atoms with Crippen LogP contribution in [0.5, 0.6) is 5.75 Å². The average Bonchev–Trinajstić information content (AvgIpc) is 3.02. The number of ether oxygens (including phenoxy) is 1. The lowest BCUT2D eigenvalue weighted by atomic mass is 10.1. The van der Waals surface area contributed by atoms with Gasteiger partial charge in [-0.15, -0.1) is 0 Å². The number of fused-ring (bicyclic) bond motifs is 2. The first-order valence-electron chi connectivity index (χ1n) is 8.06. The summed E-state index contributed by atoms with van der Waals surface area (Å²) in [6.07, 6.45) is 2.19. The average molecular weight is 335 g/mol. The van der Waals surface area contributed by atoms with E-state index in [2.05, 4.69) is 15.6 Å². The summed E-state index contributed by atoms with van der Waals surface area (Å²) in [5, 5.41) is 6.74. The third-order valence-corrected chi connectivity index (χ3v) is 4.19. The highest BCUT2D eigenvalue weighted by Crippen LogP contribution is 2.28. The number of carbonyl (C=O) groups is 2. The van der Waals surface area contributed by atoms with Crippen LogP contribution in [0.15, 0.2) is 48.7 Å². The molecule has 0 unspecified atom stereocenters. The summed E-state index contributed by atoms with van der Waals surface area (Å²) >= 11 is 0. The van der Waals surface area contributed by atoms with Crippen molar-refractivity contribution in [2.45, 2.75) is 13.0 Å². The Morgan fingerprint density at radius 3 is 3.00 bits per heavy atom. The van der Waals surface area contributed by atoms with E-state index in [9.17, 15) is 9.59 Å². The first-order chi connectivity index (χ1) is 12.2. The molecular formula is C19H17N3O3. The van der Waals surface area contributed by atoms with Gasteiger partial charge in [0.1, 0.15) is 5.75 Å². The molecule has 1 aromatic heterocycles. The molecule has 0 atom stereocenters. The van der Waals surface area contributed by atoms with Crippen molar-refractivity contribution in [3.8, 4) is 5.75 Å². The number of amides is 2. The minimum Gasteiger partial charge on any atom is -0.482 e. The summed E-state index contributed by atoms with van der Waals surface area (Å²) in [6.45, 7) is 0.429. The van der Waals surface area contributed by atoms with E-state index in [1.54, 1.807) is 6.07 Å². The van der Waals surface area contributed by atoms with Crippen LogP contribution in [-0.2, 0) is 22.6 Å². The second-order valence-electron chi connectivity index (χ2n) is 5.98. The van der Waals surface area contributed by atoms with Crippen LogP contribution in [0.3, 0.4) is 0 Å². The van der Waals surface area contributed by atoms with Crippen LogP contribution in [0.1, 0.15) is 11.1 Å². The van der Waals surface area contributed by atoms with Crippen LogP contribution in [0.4, 0.5) is 5.69 Å². The highest BCUT2D eigenvalue weighted by molar-refractivity contribution is 5.95. The normalized spacial score (nSPS) is 13.0. The molecule has 0 aliphatic carbocycles. The Labute approximate surface area is 144 Å². The topological polar surface area (TPSA) is 83.2 Å². The molecule has 4 rings (SSSR count). The minimum absolute atomic E-state index is 0.0354. The molecule has 0 radical (unpaired) electrons. The number of hydrogen-bond acceptors (Lipinski definition) is 3. The molecule has 6 nitrogen and oxygen atoms in total. The maximum atomic E-state index is 12.2. The lowest BCUT2D eigenvalue weighted by Gasteiger charge is -2.18.